The Labute approximate surface area is 136 Å². The number of unbranched alkanes of at least 4 members (excludes halogenated alkanes) is 4. The molecule has 2 nitrogen and oxygen atoms in total. The van der Waals surface area contributed by atoms with Crippen molar-refractivity contribution in [3.05, 3.63) is 0 Å². The molecule has 0 unspecified atom stereocenters. The molecule has 0 N–H and O–H groups in total. The van der Waals surface area contributed by atoms with Crippen LogP contribution in [0.3, 0.4) is 0 Å². The molecular weight excluding hydrogens is 323 g/mol. The van der Waals surface area contributed by atoms with Crippen LogP contribution in [-0.2, 0) is 4.79 Å². The molecule has 0 amide bonds. The number of carboxylic acid groups (broad SMARTS) is 1. The van der Waals surface area contributed by atoms with Crippen molar-refractivity contribution < 1.29 is 9.90 Å². The van der Waals surface area contributed by atoms with Gasteiger partial charge in [0.15, 0.2) is 0 Å². The Morgan fingerprint density at radius 3 is 1.05 bits per heavy atom. The Morgan fingerprint density at radius 1 is 0.714 bits per heavy atom. The predicted molar refractivity (Wildman–Crippen MR) is 95.3 cm³/mol. The van der Waals surface area contributed by atoms with E-state index in [1.54, 1.807) is 20.8 Å². The van der Waals surface area contributed by atoms with E-state index in [2.05, 4.69) is 27.7 Å². The van der Waals surface area contributed by atoms with Gasteiger partial charge >= 0.3 is 113 Å². The molecule has 0 aliphatic carbocycles. The standard InChI is InChI=1S/C16H36As.C2H4O2/c1-5-9-13-17(14-10-6-2,15-11-7-3)16-12-8-4;1-2(3)4/h5-16H2,1-4H3;1H3,(H,3,4)/q+1;/p-1. The van der Waals surface area contributed by atoms with Gasteiger partial charge in [0.2, 0.25) is 0 Å². The first-order valence-electron chi connectivity index (χ1n) is 9.00. The maximum atomic E-state index is 8.89. The summed E-state index contributed by atoms with van der Waals surface area (Å²) in [6.07, 6.45) is 11.7. The molecule has 128 valence electrons. The molecule has 0 spiro atoms. The Hall–Kier alpha value is 0.0284. The van der Waals surface area contributed by atoms with Crippen LogP contribution in [0.1, 0.15) is 86.0 Å². The third-order valence-corrected chi connectivity index (χ3v) is 14.6. The molecule has 3 heteroatoms. The van der Waals surface area contributed by atoms with Gasteiger partial charge < -0.3 is 9.90 Å². The van der Waals surface area contributed by atoms with Gasteiger partial charge in [-0.15, -0.1) is 0 Å². The molecule has 0 fully saturated rings. The quantitative estimate of drug-likeness (QED) is 0.437. The van der Waals surface area contributed by atoms with Gasteiger partial charge in [0, 0.05) is 5.97 Å². The van der Waals surface area contributed by atoms with Crippen molar-refractivity contribution in [2.75, 3.05) is 0 Å². The molecule has 0 aliphatic rings. The number of aliphatic carboxylic acids is 1. The molecule has 0 heterocycles. The van der Waals surface area contributed by atoms with Gasteiger partial charge in [0.1, 0.15) is 0 Å². The van der Waals surface area contributed by atoms with Crippen LogP contribution in [0.25, 0.3) is 0 Å². The summed E-state index contributed by atoms with van der Waals surface area (Å²) >= 11 is -1.26. The molecule has 0 radical (unpaired) electrons. The van der Waals surface area contributed by atoms with E-state index in [1.165, 1.54) is 51.4 Å². The monoisotopic (exact) mass is 362 g/mol. The normalized spacial score (nSPS) is 10.9. The van der Waals surface area contributed by atoms with E-state index in [0.29, 0.717) is 0 Å². The van der Waals surface area contributed by atoms with Gasteiger partial charge in [-0.25, -0.2) is 0 Å². The van der Waals surface area contributed by atoms with Gasteiger partial charge in [-0.05, 0) is 6.92 Å². The number of carbonyl (C=O) groups excluding carboxylic acids is 1. The second-order valence-corrected chi connectivity index (χ2v) is 15.5. The molecule has 0 saturated carbocycles. The summed E-state index contributed by atoms with van der Waals surface area (Å²) in [4.78, 5) is 8.89. The molecule has 0 aliphatic heterocycles. The third kappa shape index (κ3) is 16.2. The first kappa shape index (κ1) is 23.3. The zero-order valence-corrected chi connectivity index (χ0v) is 17.1. The van der Waals surface area contributed by atoms with Crippen molar-refractivity contribution in [3.63, 3.8) is 0 Å². The molecular formula is C18H39AsO2. The predicted octanol–water partition coefficient (Wildman–Crippen LogP) is 5.39. The van der Waals surface area contributed by atoms with E-state index in [1.807, 2.05) is 0 Å². The second kappa shape index (κ2) is 16.4. The van der Waals surface area contributed by atoms with Crippen molar-refractivity contribution in [1.29, 1.82) is 0 Å². The van der Waals surface area contributed by atoms with Crippen LogP contribution >= 0.6 is 0 Å². The summed E-state index contributed by atoms with van der Waals surface area (Å²) in [6.45, 7) is 10.4. The first-order chi connectivity index (χ1) is 9.97. The van der Waals surface area contributed by atoms with E-state index >= 15 is 0 Å². The number of hydrogen-bond acceptors (Lipinski definition) is 2. The number of carbonyl (C=O) groups is 1. The van der Waals surface area contributed by atoms with Crippen molar-refractivity contribution in [3.8, 4) is 0 Å². The minimum atomic E-state index is -1.26. The van der Waals surface area contributed by atoms with Crippen molar-refractivity contribution in [1.82, 2.24) is 0 Å². The van der Waals surface area contributed by atoms with Crippen molar-refractivity contribution in [2.45, 2.75) is 107 Å². The van der Waals surface area contributed by atoms with Crippen LogP contribution in [-0.4, -0.2) is 19.5 Å². The van der Waals surface area contributed by atoms with Gasteiger partial charge in [0.25, 0.3) is 0 Å². The second-order valence-electron chi connectivity index (χ2n) is 6.14. The molecule has 0 rings (SSSR count). The zero-order valence-electron chi connectivity index (χ0n) is 15.2. The summed E-state index contributed by atoms with van der Waals surface area (Å²) in [5.41, 5.74) is 0. The van der Waals surface area contributed by atoms with Crippen molar-refractivity contribution in [2.24, 2.45) is 0 Å². The fourth-order valence-electron chi connectivity index (χ4n) is 2.64. The third-order valence-electron chi connectivity index (χ3n) is 3.94. The van der Waals surface area contributed by atoms with Crippen LogP contribution in [0.2, 0.25) is 20.8 Å². The van der Waals surface area contributed by atoms with Crippen LogP contribution in [0.4, 0.5) is 0 Å². The van der Waals surface area contributed by atoms with Gasteiger partial charge in [-0.2, -0.15) is 0 Å². The van der Waals surface area contributed by atoms with E-state index in [0.717, 1.165) is 6.92 Å². The Balaban J connectivity index is 0. The average molecular weight is 362 g/mol. The molecule has 0 aromatic rings. The van der Waals surface area contributed by atoms with Crippen LogP contribution in [0.15, 0.2) is 0 Å². The Bertz CT molecular complexity index is 188. The van der Waals surface area contributed by atoms with Crippen molar-refractivity contribution >= 4 is 19.5 Å². The fourth-order valence-corrected chi connectivity index (χ4v) is 13.7. The van der Waals surface area contributed by atoms with E-state index in [4.69, 9.17) is 9.90 Å². The van der Waals surface area contributed by atoms with Crippen LogP contribution in [0.5, 0.6) is 0 Å². The van der Waals surface area contributed by atoms with E-state index < -0.39 is 19.5 Å². The van der Waals surface area contributed by atoms with E-state index in [9.17, 15) is 0 Å². The molecule has 21 heavy (non-hydrogen) atoms. The minimum absolute atomic E-state index is 0.972. The number of rotatable bonds is 12. The SMILES string of the molecule is CC(=O)[O-].CCCC[As+](CCCC)(CCCC)CCCC. The molecule has 0 aromatic heterocycles. The summed E-state index contributed by atoms with van der Waals surface area (Å²) in [6, 6.07) is 0. The topological polar surface area (TPSA) is 40.1 Å². The van der Waals surface area contributed by atoms with E-state index in [-0.39, 0.29) is 0 Å². The molecule has 0 aromatic carbocycles. The Kier molecular flexibility index (Phi) is 18.2. The van der Waals surface area contributed by atoms with Crippen LogP contribution in [0, 0.1) is 0 Å². The number of hydrogen-bond donors (Lipinski definition) is 0. The van der Waals surface area contributed by atoms with Gasteiger partial charge in [0.05, 0.1) is 0 Å². The maximum absolute atomic E-state index is 8.89. The summed E-state index contributed by atoms with van der Waals surface area (Å²) in [5.74, 6) is -1.08. The summed E-state index contributed by atoms with van der Waals surface area (Å²) in [5, 5.41) is 15.5. The first-order valence-corrected chi connectivity index (χ1v) is 14.3. The van der Waals surface area contributed by atoms with Crippen LogP contribution < -0.4 is 5.11 Å². The summed E-state index contributed by atoms with van der Waals surface area (Å²) in [7, 11) is 0. The molecule has 0 atom stereocenters. The average Bonchev–Trinajstić information content (AvgIpc) is 2.45. The summed E-state index contributed by atoms with van der Waals surface area (Å²) < 4.78 is 0. The number of carboxylic acids is 1. The van der Waals surface area contributed by atoms with Gasteiger partial charge in [-0.1, -0.05) is 0 Å². The molecule has 0 bridgehead atoms. The zero-order chi connectivity index (χ0) is 16.6. The Morgan fingerprint density at radius 2 is 0.905 bits per heavy atom. The molecule has 0 saturated heterocycles. The van der Waals surface area contributed by atoms with Gasteiger partial charge in [-0.3, -0.25) is 0 Å². The fraction of sp³-hybridized carbons (Fsp3) is 0.944.